The Labute approximate surface area is 154 Å². The molecule has 2 heterocycles. The van der Waals surface area contributed by atoms with Crippen molar-refractivity contribution in [1.82, 2.24) is 14.5 Å². The summed E-state index contributed by atoms with van der Waals surface area (Å²) in [5.74, 6) is 0.0189. The van der Waals surface area contributed by atoms with Crippen LogP contribution in [0.5, 0.6) is 0 Å². The van der Waals surface area contributed by atoms with Crippen LogP contribution in [0, 0.1) is 4.77 Å². The number of hydrogen-bond donors (Lipinski definition) is 1. The molecule has 0 saturated heterocycles. The number of aromatic nitrogens is 2. The van der Waals surface area contributed by atoms with Gasteiger partial charge in [0.1, 0.15) is 0 Å². The molecule has 7 heteroatoms. The van der Waals surface area contributed by atoms with Crippen LogP contribution in [0.2, 0.25) is 0 Å². The van der Waals surface area contributed by atoms with E-state index in [1.165, 1.54) is 4.57 Å². The molecular formula is C18H19N3O2S2. The lowest BCUT2D eigenvalue weighted by molar-refractivity contribution is -0.131. The fourth-order valence-corrected chi connectivity index (χ4v) is 3.74. The predicted molar refractivity (Wildman–Crippen MR) is 103 cm³/mol. The minimum Gasteiger partial charge on any atom is -0.338 e. The fourth-order valence-electron chi connectivity index (χ4n) is 2.73. The van der Waals surface area contributed by atoms with Crippen LogP contribution in [0.3, 0.4) is 0 Å². The van der Waals surface area contributed by atoms with Crippen molar-refractivity contribution in [3.8, 4) is 0 Å². The standard InChI is InChI=1S/C18H19N3O2S2/c1-2-20(12-13-6-5-11-25-13)16(22)9-10-21-17(23)14-7-3-4-8-15(14)19-18(21)24/h3-8,11H,2,9-10,12H2,1H3,(H,19,24). The number of para-hydroxylation sites is 1. The number of fused-ring (bicyclic) bond motifs is 1. The molecule has 0 spiro atoms. The van der Waals surface area contributed by atoms with Gasteiger partial charge in [-0.05, 0) is 42.7 Å². The van der Waals surface area contributed by atoms with Crippen molar-refractivity contribution < 1.29 is 4.79 Å². The van der Waals surface area contributed by atoms with Gasteiger partial charge in [0, 0.05) is 24.4 Å². The van der Waals surface area contributed by atoms with E-state index in [-0.39, 0.29) is 24.4 Å². The van der Waals surface area contributed by atoms with Crippen LogP contribution >= 0.6 is 23.6 Å². The summed E-state index contributed by atoms with van der Waals surface area (Å²) in [5.41, 5.74) is 0.557. The first-order valence-electron chi connectivity index (χ1n) is 8.12. The van der Waals surface area contributed by atoms with Gasteiger partial charge in [-0.25, -0.2) is 0 Å². The van der Waals surface area contributed by atoms with Crippen molar-refractivity contribution in [2.45, 2.75) is 26.4 Å². The summed E-state index contributed by atoms with van der Waals surface area (Å²) in [7, 11) is 0. The van der Waals surface area contributed by atoms with E-state index in [9.17, 15) is 9.59 Å². The summed E-state index contributed by atoms with van der Waals surface area (Å²) in [6.45, 7) is 3.47. The number of carbonyl (C=O) groups excluding carboxylic acids is 1. The Hall–Kier alpha value is -2.25. The van der Waals surface area contributed by atoms with Crippen molar-refractivity contribution >= 4 is 40.4 Å². The minimum absolute atomic E-state index is 0.0189. The number of thiophene rings is 1. The molecule has 0 radical (unpaired) electrons. The van der Waals surface area contributed by atoms with Gasteiger partial charge in [-0.2, -0.15) is 0 Å². The smallest absolute Gasteiger partial charge is 0.262 e. The van der Waals surface area contributed by atoms with Crippen LogP contribution in [0.15, 0.2) is 46.6 Å². The second-order valence-corrected chi connectivity index (χ2v) is 7.09. The highest BCUT2D eigenvalue weighted by Gasteiger charge is 2.14. The molecule has 0 aliphatic carbocycles. The maximum Gasteiger partial charge on any atom is 0.262 e. The first-order valence-corrected chi connectivity index (χ1v) is 9.41. The first-order chi connectivity index (χ1) is 12.1. The maximum atomic E-state index is 12.6. The molecule has 1 N–H and O–H groups in total. The topological polar surface area (TPSA) is 58.1 Å². The predicted octanol–water partition coefficient (Wildman–Crippen LogP) is 3.56. The van der Waals surface area contributed by atoms with E-state index in [1.54, 1.807) is 22.3 Å². The van der Waals surface area contributed by atoms with E-state index in [2.05, 4.69) is 4.98 Å². The van der Waals surface area contributed by atoms with E-state index < -0.39 is 0 Å². The number of H-pyrrole nitrogens is 1. The molecule has 3 rings (SSSR count). The summed E-state index contributed by atoms with van der Waals surface area (Å²) in [4.78, 5) is 31.1. The number of amides is 1. The third kappa shape index (κ3) is 3.88. The molecule has 0 bridgehead atoms. The summed E-state index contributed by atoms with van der Waals surface area (Å²) in [5, 5.41) is 2.58. The van der Waals surface area contributed by atoms with Crippen LogP contribution in [-0.2, 0) is 17.9 Å². The lowest BCUT2D eigenvalue weighted by atomic mass is 10.2. The molecule has 3 aromatic rings. The molecule has 0 atom stereocenters. The monoisotopic (exact) mass is 373 g/mol. The van der Waals surface area contributed by atoms with E-state index in [4.69, 9.17) is 12.2 Å². The zero-order valence-corrected chi connectivity index (χ0v) is 15.5. The summed E-state index contributed by atoms with van der Waals surface area (Å²) in [6.07, 6.45) is 0.245. The Morgan fingerprint density at radius 2 is 2.08 bits per heavy atom. The van der Waals surface area contributed by atoms with Crippen molar-refractivity contribution in [2.75, 3.05) is 6.54 Å². The summed E-state index contributed by atoms with van der Waals surface area (Å²) >= 11 is 6.92. The van der Waals surface area contributed by atoms with Crippen molar-refractivity contribution in [2.24, 2.45) is 0 Å². The number of rotatable bonds is 6. The Morgan fingerprint density at radius 3 is 2.80 bits per heavy atom. The molecule has 0 aliphatic heterocycles. The average molecular weight is 374 g/mol. The van der Waals surface area contributed by atoms with Crippen molar-refractivity contribution in [1.29, 1.82) is 0 Å². The van der Waals surface area contributed by atoms with Gasteiger partial charge in [-0.15, -0.1) is 11.3 Å². The Bertz CT molecular complexity index is 989. The van der Waals surface area contributed by atoms with Gasteiger partial charge in [-0.3, -0.25) is 14.2 Å². The molecule has 1 amide bonds. The van der Waals surface area contributed by atoms with Gasteiger partial charge < -0.3 is 9.88 Å². The minimum atomic E-state index is -0.159. The average Bonchev–Trinajstić information content (AvgIpc) is 3.12. The number of nitrogens with zero attached hydrogens (tertiary/aromatic N) is 2. The number of benzene rings is 1. The van der Waals surface area contributed by atoms with Crippen molar-refractivity contribution in [3.05, 3.63) is 61.8 Å². The van der Waals surface area contributed by atoms with Gasteiger partial charge in [-0.1, -0.05) is 18.2 Å². The van der Waals surface area contributed by atoms with Gasteiger partial charge in [0.05, 0.1) is 17.4 Å². The van der Waals surface area contributed by atoms with Crippen LogP contribution in [0.25, 0.3) is 10.9 Å². The number of hydrogen-bond acceptors (Lipinski definition) is 4. The van der Waals surface area contributed by atoms with E-state index in [1.807, 2.05) is 42.6 Å². The quantitative estimate of drug-likeness (QED) is 0.672. The molecule has 2 aromatic heterocycles. The maximum absolute atomic E-state index is 12.6. The van der Waals surface area contributed by atoms with Gasteiger partial charge in [0.15, 0.2) is 4.77 Å². The van der Waals surface area contributed by atoms with E-state index in [0.29, 0.717) is 28.8 Å². The third-order valence-electron chi connectivity index (χ3n) is 4.10. The molecule has 25 heavy (non-hydrogen) atoms. The largest absolute Gasteiger partial charge is 0.338 e. The van der Waals surface area contributed by atoms with Crippen LogP contribution in [-0.4, -0.2) is 26.9 Å². The second-order valence-electron chi connectivity index (χ2n) is 5.67. The SMILES string of the molecule is CCN(Cc1cccs1)C(=O)CCn1c(=S)[nH]c2ccccc2c1=O. The Balaban J connectivity index is 1.76. The highest BCUT2D eigenvalue weighted by Crippen LogP contribution is 2.13. The molecule has 1 aromatic carbocycles. The first kappa shape index (κ1) is 17.6. The molecule has 0 fully saturated rings. The second kappa shape index (κ2) is 7.76. The molecule has 0 unspecified atom stereocenters. The number of carbonyl (C=O) groups is 1. The zero-order chi connectivity index (χ0) is 17.8. The van der Waals surface area contributed by atoms with Gasteiger partial charge >= 0.3 is 0 Å². The van der Waals surface area contributed by atoms with Gasteiger partial charge in [0.2, 0.25) is 5.91 Å². The lowest BCUT2D eigenvalue weighted by Crippen LogP contribution is -2.32. The highest BCUT2D eigenvalue weighted by atomic mass is 32.1. The Kier molecular flexibility index (Phi) is 5.45. The lowest BCUT2D eigenvalue weighted by Gasteiger charge is -2.20. The third-order valence-corrected chi connectivity index (χ3v) is 5.28. The molecule has 0 aliphatic rings. The van der Waals surface area contributed by atoms with E-state index >= 15 is 0 Å². The molecule has 130 valence electrons. The van der Waals surface area contributed by atoms with Crippen LogP contribution in [0.4, 0.5) is 0 Å². The molecule has 0 saturated carbocycles. The van der Waals surface area contributed by atoms with Gasteiger partial charge in [0.25, 0.3) is 5.56 Å². The normalized spacial score (nSPS) is 10.9. The van der Waals surface area contributed by atoms with Crippen LogP contribution in [0.1, 0.15) is 18.2 Å². The summed E-state index contributed by atoms with van der Waals surface area (Å²) in [6, 6.07) is 11.2. The number of aromatic amines is 1. The zero-order valence-electron chi connectivity index (χ0n) is 13.9. The Morgan fingerprint density at radius 1 is 1.28 bits per heavy atom. The fraction of sp³-hybridized carbons (Fsp3) is 0.278. The molecule has 5 nitrogen and oxygen atoms in total. The number of nitrogens with one attached hydrogen (secondary N) is 1. The van der Waals surface area contributed by atoms with Crippen LogP contribution < -0.4 is 5.56 Å². The highest BCUT2D eigenvalue weighted by molar-refractivity contribution is 7.71. The van der Waals surface area contributed by atoms with E-state index in [0.717, 1.165) is 4.88 Å². The molecular weight excluding hydrogens is 354 g/mol. The summed E-state index contributed by atoms with van der Waals surface area (Å²) < 4.78 is 1.81. The van der Waals surface area contributed by atoms with Crippen molar-refractivity contribution in [3.63, 3.8) is 0 Å².